The van der Waals surface area contributed by atoms with Gasteiger partial charge >= 0.3 is 18.2 Å². The number of methoxy groups -OCH3 is 1. The summed E-state index contributed by atoms with van der Waals surface area (Å²) in [6.07, 6.45) is -0.554. The molecule has 2 aromatic rings. The van der Waals surface area contributed by atoms with Gasteiger partial charge in [0.25, 0.3) is 5.91 Å². The molecule has 1 aliphatic heterocycles. The van der Waals surface area contributed by atoms with Crippen LogP contribution in [0.4, 0.5) is 23.7 Å². The van der Waals surface area contributed by atoms with Gasteiger partial charge in [-0.2, -0.15) is 13.2 Å². The van der Waals surface area contributed by atoms with Crippen molar-refractivity contribution in [3.63, 3.8) is 0 Å². The van der Waals surface area contributed by atoms with Crippen LogP contribution in [0.5, 0.6) is 5.75 Å². The average molecular weight is 619 g/mol. The molecule has 0 saturated heterocycles. The number of anilines is 1. The first-order chi connectivity index (χ1) is 20.7. The number of amides is 2. The number of nitrogens with zero attached hydrogens (tertiary/aromatic N) is 2. The molecule has 1 heterocycles. The Morgan fingerprint density at radius 2 is 1.73 bits per heavy atom. The molecule has 0 spiro atoms. The Morgan fingerprint density at radius 1 is 1.02 bits per heavy atom. The standard InChI is InChI=1S/C33H41F3N2O6/c1-32(2,3)44-31(41)37(4)28(19-29(39)42-5)30(40)38-16-15-23-18-24(12-14-27(23)38)43-20-21-11-13-25(22-9-7-6-8-10-22)26(17-21)33(34,35)36/h11-14,17-18,22,28H,6-10,15-16,19-20H2,1-5H3. The van der Waals surface area contributed by atoms with Gasteiger partial charge in [-0.15, -0.1) is 0 Å². The van der Waals surface area contributed by atoms with Crippen LogP contribution in [0.3, 0.4) is 0 Å². The Labute approximate surface area is 256 Å². The van der Waals surface area contributed by atoms with Crippen LogP contribution in [0.2, 0.25) is 0 Å². The summed E-state index contributed by atoms with van der Waals surface area (Å²) in [5.41, 5.74) is 0.803. The molecule has 1 saturated carbocycles. The average Bonchev–Trinajstić information content (AvgIpc) is 3.40. The van der Waals surface area contributed by atoms with Crippen LogP contribution in [-0.2, 0) is 38.3 Å². The van der Waals surface area contributed by atoms with Crippen LogP contribution >= 0.6 is 0 Å². The van der Waals surface area contributed by atoms with E-state index < -0.39 is 41.4 Å². The van der Waals surface area contributed by atoms with Gasteiger partial charge in [-0.25, -0.2) is 4.79 Å². The number of benzene rings is 2. The molecule has 0 N–H and O–H groups in total. The molecule has 4 rings (SSSR count). The minimum Gasteiger partial charge on any atom is -0.489 e. The van der Waals surface area contributed by atoms with Crippen molar-refractivity contribution in [3.05, 3.63) is 58.7 Å². The zero-order chi connectivity index (χ0) is 32.2. The molecule has 8 nitrogen and oxygen atoms in total. The second kappa shape index (κ2) is 13.5. The number of halogens is 3. The number of carbonyl (C=O) groups is 3. The summed E-state index contributed by atoms with van der Waals surface area (Å²) in [5.74, 6) is -0.731. The molecular weight excluding hydrogens is 577 g/mol. The van der Waals surface area contributed by atoms with Crippen molar-refractivity contribution in [1.82, 2.24) is 4.90 Å². The second-order valence-corrected chi connectivity index (χ2v) is 12.5. The molecule has 1 unspecified atom stereocenters. The van der Waals surface area contributed by atoms with E-state index in [0.29, 0.717) is 35.5 Å². The quantitative estimate of drug-likeness (QED) is 0.296. The lowest BCUT2D eigenvalue weighted by atomic mass is 9.81. The first-order valence-electron chi connectivity index (χ1n) is 15.0. The Balaban J connectivity index is 1.48. The molecule has 11 heteroatoms. The molecule has 2 aliphatic rings. The predicted octanol–water partition coefficient (Wildman–Crippen LogP) is 7.02. The number of hydrogen-bond donors (Lipinski definition) is 0. The third-order valence-corrected chi connectivity index (χ3v) is 8.11. The van der Waals surface area contributed by atoms with Crippen molar-refractivity contribution in [3.8, 4) is 5.75 Å². The van der Waals surface area contributed by atoms with Gasteiger partial charge in [0.2, 0.25) is 0 Å². The third kappa shape index (κ3) is 8.04. The van der Waals surface area contributed by atoms with Crippen molar-refractivity contribution >= 4 is 23.7 Å². The summed E-state index contributed by atoms with van der Waals surface area (Å²) in [6, 6.07) is 8.46. The monoisotopic (exact) mass is 618 g/mol. The van der Waals surface area contributed by atoms with E-state index in [-0.39, 0.29) is 18.9 Å². The molecule has 0 aromatic heterocycles. The van der Waals surface area contributed by atoms with Crippen LogP contribution in [0, 0.1) is 0 Å². The van der Waals surface area contributed by atoms with Crippen LogP contribution in [0.15, 0.2) is 36.4 Å². The van der Waals surface area contributed by atoms with E-state index in [0.717, 1.165) is 42.6 Å². The van der Waals surface area contributed by atoms with Crippen LogP contribution in [0.1, 0.15) is 87.5 Å². The maximum atomic E-state index is 14.0. The zero-order valence-corrected chi connectivity index (χ0v) is 26.0. The van der Waals surface area contributed by atoms with Gasteiger partial charge < -0.3 is 19.1 Å². The molecule has 2 aromatic carbocycles. The molecule has 44 heavy (non-hydrogen) atoms. The number of likely N-dealkylation sites (N-methyl/N-ethyl adjacent to an activating group) is 1. The molecule has 240 valence electrons. The second-order valence-electron chi connectivity index (χ2n) is 12.5. The summed E-state index contributed by atoms with van der Waals surface area (Å²) in [5, 5.41) is 0. The van der Waals surface area contributed by atoms with Crippen molar-refractivity contribution in [2.45, 2.75) is 96.1 Å². The number of fused-ring (bicyclic) bond motifs is 1. The fourth-order valence-corrected chi connectivity index (χ4v) is 5.84. The van der Waals surface area contributed by atoms with E-state index >= 15 is 0 Å². The van der Waals surface area contributed by atoms with Crippen molar-refractivity contribution in [2.24, 2.45) is 0 Å². The molecular formula is C33H41F3N2O6. The van der Waals surface area contributed by atoms with Gasteiger partial charge in [-0.05, 0) is 86.9 Å². The number of rotatable bonds is 8. The van der Waals surface area contributed by atoms with E-state index in [4.69, 9.17) is 14.2 Å². The van der Waals surface area contributed by atoms with E-state index in [2.05, 4.69) is 0 Å². The lowest BCUT2D eigenvalue weighted by Crippen LogP contribution is -2.51. The van der Waals surface area contributed by atoms with Crippen LogP contribution < -0.4 is 9.64 Å². The van der Waals surface area contributed by atoms with Gasteiger partial charge in [0.05, 0.1) is 19.1 Å². The third-order valence-electron chi connectivity index (χ3n) is 8.11. The van der Waals surface area contributed by atoms with E-state index in [1.54, 1.807) is 51.1 Å². The molecule has 1 aliphatic carbocycles. The van der Waals surface area contributed by atoms with E-state index in [9.17, 15) is 27.6 Å². The molecule has 2 amide bonds. The van der Waals surface area contributed by atoms with Crippen molar-refractivity contribution in [2.75, 3.05) is 25.6 Å². The van der Waals surface area contributed by atoms with E-state index in [1.807, 2.05) is 0 Å². The van der Waals surface area contributed by atoms with Crippen LogP contribution in [-0.4, -0.2) is 55.2 Å². The summed E-state index contributed by atoms with van der Waals surface area (Å²) in [4.78, 5) is 41.2. The van der Waals surface area contributed by atoms with Gasteiger partial charge in [0.15, 0.2) is 0 Å². The van der Waals surface area contributed by atoms with Crippen LogP contribution in [0.25, 0.3) is 0 Å². The maximum Gasteiger partial charge on any atom is 0.416 e. The molecule has 0 bridgehead atoms. The Bertz CT molecular complexity index is 1360. The number of carbonyl (C=O) groups excluding carboxylic acids is 3. The predicted molar refractivity (Wildman–Crippen MR) is 159 cm³/mol. The molecule has 1 atom stereocenters. The van der Waals surface area contributed by atoms with E-state index in [1.165, 1.54) is 25.1 Å². The fourth-order valence-electron chi connectivity index (χ4n) is 5.84. The summed E-state index contributed by atoms with van der Waals surface area (Å²) >= 11 is 0. The Hall–Kier alpha value is -3.76. The van der Waals surface area contributed by atoms with Crippen molar-refractivity contribution < 1.29 is 41.8 Å². The highest BCUT2D eigenvalue weighted by molar-refractivity contribution is 6.02. The smallest absolute Gasteiger partial charge is 0.416 e. The van der Waals surface area contributed by atoms with Gasteiger partial charge in [-0.3, -0.25) is 14.5 Å². The summed E-state index contributed by atoms with van der Waals surface area (Å²) in [7, 11) is 2.61. The highest BCUT2D eigenvalue weighted by atomic mass is 19.4. The number of esters is 1. The normalized spacial score (nSPS) is 16.2. The lowest BCUT2D eigenvalue weighted by Gasteiger charge is -2.32. The zero-order valence-electron chi connectivity index (χ0n) is 26.0. The minimum absolute atomic E-state index is 0.0443. The first-order valence-corrected chi connectivity index (χ1v) is 15.0. The SMILES string of the molecule is COC(=O)CC(C(=O)N1CCc2cc(OCc3ccc(C4CCCCC4)c(C(F)(F)F)c3)ccc21)N(C)C(=O)OC(C)(C)C. The largest absolute Gasteiger partial charge is 0.489 e. The Morgan fingerprint density at radius 3 is 2.36 bits per heavy atom. The van der Waals surface area contributed by atoms with Gasteiger partial charge in [-0.1, -0.05) is 31.4 Å². The molecule has 0 radical (unpaired) electrons. The summed E-state index contributed by atoms with van der Waals surface area (Å²) in [6.45, 7) is 5.38. The highest BCUT2D eigenvalue weighted by Crippen LogP contribution is 2.41. The minimum atomic E-state index is -4.45. The fraction of sp³-hybridized carbons (Fsp3) is 0.545. The maximum absolute atomic E-state index is 14.0. The number of hydrogen-bond acceptors (Lipinski definition) is 6. The summed E-state index contributed by atoms with van der Waals surface area (Å²) < 4.78 is 58.0. The first kappa shape index (κ1) is 33.1. The van der Waals surface area contributed by atoms with Gasteiger partial charge in [0, 0.05) is 19.3 Å². The van der Waals surface area contributed by atoms with Gasteiger partial charge in [0.1, 0.15) is 24.0 Å². The Kier molecular flexibility index (Phi) is 10.2. The number of alkyl halides is 3. The highest BCUT2D eigenvalue weighted by Gasteiger charge is 2.38. The number of ether oxygens (including phenoxy) is 3. The topological polar surface area (TPSA) is 85.4 Å². The van der Waals surface area contributed by atoms with Crippen molar-refractivity contribution in [1.29, 1.82) is 0 Å². The lowest BCUT2D eigenvalue weighted by molar-refractivity contribution is -0.144. The molecule has 1 fully saturated rings.